The van der Waals surface area contributed by atoms with Crippen LogP contribution in [0, 0.1) is 10.6 Å². The Labute approximate surface area is 152 Å². The molecule has 1 amide bonds. The number of halogens is 1. The zero-order valence-electron chi connectivity index (χ0n) is 14.0. The fraction of sp³-hybridized carbons (Fsp3) is 0.167. The number of carbonyl (C=O) groups is 1. The number of H-pyrrole nitrogens is 2. The van der Waals surface area contributed by atoms with E-state index in [0.717, 1.165) is 0 Å². The number of nitrogens with zero attached hydrogens (tertiary/aromatic N) is 1. The second kappa shape index (κ2) is 6.06. The third-order valence-electron chi connectivity index (χ3n) is 3.99. The number of hydrogen-bond donors (Lipinski definition) is 3. The predicted molar refractivity (Wildman–Crippen MR) is 99.5 cm³/mol. The van der Waals surface area contributed by atoms with Crippen molar-refractivity contribution in [3.05, 3.63) is 52.4 Å². The van der Waals surface area contributed by atoms with Gasteiger partial charge >= 0.3 is 0 Å². The molecule has 0 unspecified atom stereocenters. The maximum atomic E-state index is 13.8. The van der Waals surface area contributed by atoms with Gasteiger partial charge in [0.15, 0.2) is 16.2 Å². The highest BCUT2D eigenvalue weighted by Gasteiger charge is 2.15. The summed E-state index contributed by atoms with van der Waals surface area (Å²) < 4.78 is 19.8. The minimum absolute atomic E-state index is 0.162. The molecule has 2 heterocycles. The van der Waals surface area contributed by atoms with E-state index < -0.39 is 11.7 Å². The van der Waals surface area contributed by atoms with E-state index in [4.69, 9.17) is 16.6 Å². The van der Waals surface area contributed by atoms with Gasteiger partial charge in [-0.1, -0.05) is 13.8 Å². The van der Waals surface area contributed by atoms with Crippen molar-refractivity contribution in [2.45, 2.75) is 19.8 Å². The first-order valence-electron chi connectivity index (χ1n) is 8.04. The summed E-state index contributed by atoms with van der Waals surface area (Å²) in [5.41, 5.74) is 2.90. The van der Waals surface area contributed by atoms with E-state index in [0.29, 0.717) is 38.5 Å². The van der Waals surface area contributed by atoms with E-state index in [1.165, 1.54) is 12.1 Å². The summed E-state index contributed by atoms with van der Waals surface area (Å²) in [6, 6.07) is 7.63. The highest BCUT2D eigenvalue weighted by molar-refractivity contribution is 7.71. The van der Waals surface area contributed by atoms with Crippen LogP contribution in [0.4, 0.5) is 10.1 Å². The van der Waals surface area contributed by atoms with Gasteiger partial charge in [-0.2, -0.15) is 0 Å². The topological polar surface area (TPSA) is 86.7 Å². The minimum atomic E-state index is -0.526. The molecular formula is C18H15FN4O2S. The van der Waals surface area contributed by atoms with Gasteiger partial charge in [0, 0.05) is 11.6 Å². The smallest absolute Gasteiger partial charge is 0.257 e. The molecule has 0 atom stereocenters. The largest absolute Gasteiger partial charge is 0.440 e. The zero-order chi connectivity index (χ0) is 18.4. The second-order valence-electron chi connectivity index (χ2n) is 6.30. The number of imidazole rings is 1. The lowest BCUT2D eigenvalue weighted by Gasteiger charge is -2.06. The molecule has 0 bridgehead atoms. The van der Waals surface area contributed by atoms with Gasteiger partial charge in [0.2, 0.25) is 0 Å². The number of oxazole rings is 1. The molecular weight excluding hydrogens is 355 g/mol. The highest BCUT2D eigenvalue weighted by Crippen LogP contribution is 2.25. The Bertz CT molecular complexity index is 1210. The van der Waals surface area contributed by atoms with Gasteiger partial charge in [0.1, 0.15) is 11.3 Å². The second-order valence-corrected chi connectivity index (χ2v) is 6.71. The molecule has 0 saturated heterocycles. The average Bonchev–Trinajstić information content (AvgIpc) is 3.16. The van der Waals surface area contributed by atoms with Crippen LogP contribution in [0.2, 0.25) is 0 Å². The lowest BCUT2D eigenvalue weighted by molar-refractivity contribution is 0.102. The third kappa shape index (κ3) is 2.88. The normalized spacial score (nSPS) is 11.5. The number of amides is 1. The van der Waals surface area contributed by atoms with Crippen molar-refractivity contribution >= 4 is 45.9 Å². The summed E-state index contributed by atoms with van der Waals surface area (Å²) in [4.78, 5) is 22.8. The first kappa shape index (κ1) is 16.5. The summed E-state index contributed by atoms with van der Waals surface area (Å²) in [6.07, 6.45) is 0. The van der Waals surface area contributed by atoms with Gasteiger partial charge in [-0.3, -0.25) is 4.79 Å². The number of fused-ring (bicyclic) bond motifs is 2. The molecule has 8 heteroatoms. The van der Waals surface area contributed by atoms with Crippen molar-refractivity contribution < 1.29 is 13.6 Å². The number of anilines is 1. The fourth-order valence-electron chi connectivity index (χ4n) is 2.75. The predicted octanol–water partition coefficient (Wildman–Crippen LogP) is 4.88. The molecule has 2 aromatic carbocycles. The van der Waals surface area contributed by atoms with E-state index in [1.807, 2.05) is 13.8 Å². The van der Waals surface area contributed by atoms with E-state index in [2.05, 4.69) is 20.3 Å². The molecule has 6 nitrogen and oxygen atoms in total. The Kier molecular flexibility index (Phi) is 3.84. The summed E-state index contributed by atoms with van der Waals surface area (Å²) >= 11 is 5.02. The molecule has 4 rings (SSSR count). The van der Waals surface area contributed by atoms with E-state index in [1.54, 1.807) is 18.2 Å². The average molecular weight is 370 g/mol. The monoisotopic (exact) mass is 370 g/mol. The molecule has 0 spiro atoms. The van der Waals surface area contributed by atoms with Crippen molar-refractivity contribution in [1.82, 2.24) is 15.0 Å². The van der Waals surface area contributed by atoms with E-state index >= 15 is 0 Å². The summed E-state index contributed by atoms with van der Waals surface area (Å²) in [6.45, 7) is 3.98. The Balaban J connectivity index is 1.70. The van der Waals surface area contributed by atoms with E-state index in [9.17, 15) is 9.18 Å². The SMILES string of the molecule is CC(C)c1nc2cc(NC(=O)c3cc(F)cc4[nH]c(=S)[nH]c34)ccc2o1. The van der Waals surface area contributed by atoms with Crippen LogP contribution in [-0.4, -0.2) is 20.9 Å². The molecule has 2 aromatic heterocycles. The number of aromatic amines is 2. The lowest BCUT2D eigenvalue weighted by Crippen LogP contribution is -2.12. The Hall–Kier alpha value is -3.00. The van der Waals surface area contributed by atoms with Crippen molar-refractivity contribution in [1.29, 1.82) is 0 Å². The number of nitrogens with one attached hydrogen (secondary N) is 3. The first-order chi connectivity index (χ1) is 12.4. The highest BCUT2D eigenvalue weighted by atomic mass is 32.1. The molecule has 0 saturated carbocycles. The van der Waals surface area contributed by atoms with Crippen molar-refractivity contribution in [2.24, 2.45) is 0 Å². The molecule has 132 valence electrons. The standard InChI is InChI=1S/C18H15FN4O2S/c1-8(2)17-21-12-7-10(3-4-14(12)25-17)20-16(24)11-5-9(19)6-13-15(11)23-18(26)22-13/h3-8H,1-2H3,(H,20,24)(H2,22,23,26). The number of carbonyl (C=O) groups excluding carboxylic acids is 1. The molecule has 0 radical (unpaired) electrons. The minimum Gasteiger partial charge on any atom is -0.440 e. The molecule has 0 aliphatic heterocycles. The van der Waals surface area contributed by atoms with Crippen LogP contribution in [0.5, 0.6) is 0 Å². The van der Waals surface area contributed by atoms with Gasteiger partial charge in [-0.15, -0.1) is 0 Å². The molecule has 26 heavy (non-hydrogen) atoms. The van der Waals surface area contributed by atoms with Crippen LogP contribution in [0.25, 0.3) is 22.1 Å². The molecule has 0 aliphatic carbocycles. The summed E-state index contributed by atoms with van der Waals surface area (Å²) in [7, 11) is 0. The quantitative estimate of drug-likeness (QED) is 0.449. The van der Waals surface area contributed by atoms with Crippen molar-refractivity contribution in [3.63, 3.8) is 0 Å². The van der Waals surface area contributed by atoms with Crippen LogP contribution in [0.3, 0.4) is 0 Å². The Morgan fingerprint density at radius 1 is 1.27 bits per heavy atom. The van der Waals surface area contributed by atoms with Gasteiger partial charge < -0.3 is 19.7 Å². The molecule has 0 aliphatic rings. The van der Waals surface area contributed by atoms with Gasteiger partial charge in [0.25, 0.3) is 5.91 Å². The number of aromatic nitrogens is 3. The van der Waals surface area contributed by atoms with Gasteiger partial charge in [-0.25, -0.2) is 9.37 Å². The maximum Gasteiger partial charge on any atom is 0.257 e. The van der Waals surface area contributed by atoms with Crippen molar-refractivity contribution in [2.75, 3.05) is 5.32 Å². The summed E-state index contributed by atoms with van der Waals surface area (Å²) in [5.74, 6) is -0.180. The first-order valence-corrected chi connectivity index (χ1v) is 8.45. The summed E-state index contributed by atoms with van der Waals surface area (Å²) in [5, 5.41) is 2.76. The molecule has 0 fully saturated rings. The van der Waals surface area contributed by atoms with Crippen LogP contribution < -0.4 is 5.32 Å². The third-order valence-corrected chi connectivity index (χ3v) is 4.19. The van der Waals surface area contributed by atoms with E-state index in [-0.39, 0.29) is 11.5 Å². The van der Waals surface area contributed by atoms with Crippen LogP contribution in [-0.2, 0) is 0 Å². The fourth-order valence-corrected chi connectivity index (χ4v) is 2.97. The number of benzene rings is 2. The van der Waals surface area contributed by atoms with Crippen LogP contribution in [0.1, 0.15) is 36.0 Å². The van der Waals surface area contributed by atoms with Crippen LogP contribution in [0.15, 0.2) is 34.7 Å². The number of hydrogen-bond acceptors (Lipinski definition) is 4. The van der Waals surface area contributed by atoms with Crippen LogP contribution >= 0.6 is 12.2 Å². The molecule has 3 N–H and O–H groups in total. The van der Waals surface area contributed by atoms with Gasteiger partial charge in [-0.05, 0) is 42.5 Å². The molecule has 4 aromatic rings. The zero-order valence-corrected chi connectivity index (χ0v) is 14.8. The number of rotatable bonds is 3. The Morgan fingerprint density at radius 3 is 2.85 bits per heavy atom. The van der Waals surface area contributed by atoms with Gasteiger partial charge in [0.05, 0.1) is 16.6 Å². The Morgan fingerprint density at radius 2 is 2.08 bits per heavy atom. The maximum absolute atomic E-state index is 13.8. The van der Waals surface area contributed by atoms with Crippen molar-refractivity contribution in [3.8, 4) is 0 Å². The lowest BCUT2D eigenvalue weighted by atomic mass is 10.1.